The molecule has 0 aromatic heterocycles. The molecule has 2 rings (SSSR count). The van der Waals surface area contributed by atoms with Crippen molar-refractivity contribution in [2.24, 2.45) is 11.1 Å². The zero-order valence-corrected chi connectivity index (χ0v) is 11.6. The van der Waals surface area contributed by atoms with E-state index in [-0.39, 0.29) is 11.0 Å². The van der Waals surface area contributed by atoms with Crippen LogP contribution in [-0.2, 0) is 5.54 Å². The fourth-order valence-electron chi connectivity index (χ4n) is 3.35. The van der Waals surface area contributed by atoms with Gasteiger partial charge in [0, 0.05) is 5.54 Å². The van der Waals surface area contributed by atoms with Crippen molar-refractivity contribution in [3.8, 4) is 0 Å². The maximum Gasteiger partial charge on any atom is 0.0463 e. The van der Waals surface area contributed by atoms with Gasteiger partial charge in [-0.1, -0.05) is 50.5 Å². The number of nitrogens with two attached hydrogens (primary N) is 1. The van der Waals surface area contributed by atoms with E-state index in [9.17, 15) is 0 Å². The first-order valence-electron chi connectivity index (χ1n) is 6.73. The molecule has 0 aliphatic heterocycles. The fourth-order valence-corrected chi connectivity index (χ4v) is 3.35. The van der Waals surface area contributed by atoms with Crippen LogP contribution in [0.15, 0.2) is 18.2 Å². The van der Waals surface area contributed by atoms with E-state index in [0.717, 1.165) is 6.42 Å². The van der Waals surface area contributed by atoms with Crippen molar-refractivity contribution in [1.82, 2.24) is 0 Å². The second kappa shape index (κ2) is 4.13. The molecule has 1 aromatic carbocycles. The second-order valence-corrected chi connectivity index (χ2v) is 6.38. The molecular formula is C16H25N. The number of benzene rings is 1. The Hall–Kier alpha value is -0.820. The molecule has 0 amide bonds. The van der Waals surface area contributed by atoms with Crippen LogP contribution >= 0.6 is 0 Å². The van der Waals surface area contributed by atoms with Crippen molar-refractivity contribution in [2.45, 2.75) is 58.9 Å². The predicted molar refractivity (Wildman–Crippen MR) is 74.0 cm³/mol. The average Bonchev–Trinajstić information content (AvgIpc) is 2.22. The van der Waals surface area contributed by atoms with Crippen molar-refractivity contribution in [3.63, 3.8) is 0 Å². The molecule has 1 atom stereocenters. The first kappa shape index (κ1) is 12.6. The normalized spacial score (nSPS) is 28.1. The Bertz CT molecular complexity index is 420. The van der Waals surface area contributed by atoms with Crippen LogP contribution in [0.1, 0.15) is 56.2 Å². The van der Waals surface area contributed by atoms with Crippen molar-refractivity contribution in [3.05, 3.63) is 34.9 Å². The number of rotatable bonds is 1. The van der Waals surface area contributed by atoms with E-state index in [1.807, 2.05) is 0 Å². The molecule has 1 aromatic rings. The van der Waals surface area contributed by atoms with E-state index in [1.165, 1.54) is 36.0 Å². The van der Waals surface area contributed by atoms with Gasteiger partial charge < -0.3 is 5.73 Å². The smallest absolute Gasteiger partial charge is 0.0463 e. The van der Waals surface area contributed by atoms with E-state index in [1.54, 1.807) is 0 Å². The molecule has 1 nitrogen and oxygen atoms in total. The molecule has 17 heavy (non-hydrogen) atoms. The molecule has 94 valence electrons. The fraction of sp³-hybridized carbons (Fsp3) is 0.625. The van der Waals surface area contributed by atoms with Gasteiger partial charge in [0.25, 0.3) is 0 Å². The van der Waals surface area contributed by atoms with Gasteiger partial charge in [-0.05, 0) is 43.2 Å². The summed E-state index contributed by atoms with van der Waals surface area (Å²) >= 11 is 0. The lowest BCUT2D eigenvalue weighted by Crippen LogP contribution is -2.52. The molecule has 1 aliphatic rings. The predicted octanol–water partition coefficient (Wildman–Crippen LogP) is 4.06. The summed E-state index contributed by atoms with van der Waals surface area (Å²) in [5.41, 5.74) is 10.9. The maximum absolute atomic E-state index is 6.81. The number of hydrogen-bond acceptors (Lipinski definition) is 1. The number of aryl methyl sites for hydroxylation is 2. The third kappa shape index (κ3) is 2.01. The Morgan fingerprint density at radius 2 is 1.71 bits per heavy atom. The van der Waals surface area contributed by atoms with Crippen molar-refractivity contribution < 1.29 is 0 Å². The molecule has 1 heteroatoms. The quantitative estimate of drug-likeness (QED) is 0.775. The van der Waals surface area contributed by atoms with Gasteiger partial charge in [0.2, 0.25) is 0 Å². The Morgan fingerprint density at radius 3 is 2.29 bits per heavy atom. The molecule has 1 saturated carbocycles. The highest BCUT2D eigenvalue weighted by atomic mass is 14.8. The third-order valence-electron chi connectivity index (χ3n) is 4.69. The molecule has 0 radical (unpaired) electrons. The van der Waals surface area contributed by atoms with Crippen LogP contribution < -0.4 is 5.73 Å². The van der Waals surface area contributed by atoms with E-state index in [4.69, 9.17) is 5.73 Å². The first-order valence-corrected chi connectivity index (χ1v) is 6.73. The minimum absolute atomic E-state index is 0.150. The monoisotopic (exact) mass is 231 g/mol. The highest BCUT2D eigenvalue weighted by Crippen LogP contribution is 2.49. The highest BCUT2D eigenvalue weighted by molar-refractivity contribution is 5.37. The third-order valence-corrected chi connectivity index (χ3v) is 4.69. The minimum Gasteiger partial charge on any atom is -0.321 e. The standard InChI is InChI=1S/C16H25N/c1-12-7-8-14(13(2)11-12)16(17)10-6-5-9-15(16,3)4/h7-8,11H,5-6,9-10,17H2,1-4H3. The molecule has 0 saturated heterocycles. The molecule has 1 fully saturated rings. The molecule has 1 aliphatic carbocycles. The van der Waals surface area contributed by atoms with Gasteiger partial charge >= 0.3 is 0 Å². The van der Waals surface area contributed by atoms with Gasteiger partial charge in [0.15, 0.2) is 0 Å². The zero-order valence-electron chi connectivity index (χ0n) is 11.6. The summed E-state index contributed by atoms with van der Waals surface area (Å²) in [6, 6.07) is 6.70. The van der Waals surface area contributed by atoms with E-state index in [0.29, 0.717) is 0 Å². The van der Waals surface area contributed by atoms with Crippen LogP contribution in [0.4, 0.5) is 0 Å². The summed E-state index contributed by atoms with van der Waals surface area (Å²) in [6.07, 6.45) is 4.92. The van der Waals surface area contributed by atoms with Gasteiger partial charge in [0.1, 0.15) is 0 Å². The summed E-state index contributed by atoms with van der Waals surface area (Å²) in [4.78, 5) is 0. The zero-order chi connectivity index (χ0) is 12.7. The van der Waals surface area contributed by atoms with Crippen LogP contribution in [0.5, 0.6) is 0 Å². The van der Waals surface area contributed by atoms with Crippen molar-refractivity contribution in [1.29, 1.82) is 0 Å². The summed E-state index contributed by atoms with van der Waals surface area (Å²) in [7, 11) is 0. The topological polar surface area (TPSA) is 26.0 Å². The Kier molecular flexibility index (Phi) is 3.07. The molecule has 0 spiro atoms. The molecular weight excluding hydrogens is 206 g/mol. The number of hydrogen-bond donors (Lipinski definition) is 1. The molecule has 1 unspecified atom stereocenters. The lowest BCUT2D eigenvalue weighted by atomic mass is 9.60. The SMILES string of the molecule is Cc1ccc(C2(N)CCCCC2(C)C)c(C)c1. The lowest BCUT2D eigenvalue weighted by Gasteiger charge is -2.49. The molecule has 0 bridgehead atoms. The van der Waals surface area contributed by atoms with E-state index >= 15 is 0 Å². The summed E-state index contributed by atoms with van der Waals surface area (Å²) in [6.45, 7) is 8.99. The van der Waals surface area contributed by atoms with Gasteiger partial charge in [-0.2, -0.15) is 0 Å². The van der Waals surface area contributed by atoms with E-state index < -0.39 is 0 Å². The minimum atomic E-state index is -0.150. The van der Waals surface area contributed by atoms with Crippen LogP contribution in [0.25, 0.3) is 0 Å². The largest absolute Gasteiger partial charge is 0.321 e. The van der Waals surface area contributed by atoms with Crippen LogP contribution in [0, 0.1) is 19.3 Å². The van der Waals surface area contributed by atoms with Crippen LogP contribution in [0.2, 0.25) is 0 Å². The Morgan fingerprint density at radius 1 is 1.06 bits per heavy atom. The van der Waals surface area contributed by atoms with Gasteiger partial charge in [-0.25, -0.2) is 0 Å². The Balaban J connectivity index is 2.49. The second-order valence-electron chi connectivity index (χ2n) is 6.38. The van der Waals surface area contributed by atoms with Gasteiger partial charge in [-0.3, -0.25) is 0 Å². The highest BCUT2D eigenvalue weighted by Gasteiger charge is 2.45. The molecule has 0 heterocycles. The summed E-state index contributed by atoms with van der Waals surface area (Å²) in [5.74, 6) is 0. The van der Waals surface area contributed by atoms with Crippen LogP contribution in [-0.4, -0.2) is 0 Å². The van der Waals surface area contributed by atoms with Crippen LogP contribution in [0.3, 0.4) is 0 Å². The van der Waals surface area contributed by atoms with Gasteiger partial charge in [0.05, 0.1) is 0 Å². The maximum atomic E-state index is 6.81. The van der Waals surface area contributed by atoms with Gasteiger partial charge in [-0.15, -0.1) is 0 Å². The van der Waals surface area contributed by atoms with Crippen molar-refractivity contribution >= 4 is 0 Å². The summed E-state index contributed by atoms with van der Waals surface area (Å²) in [5, 5.41) is 0. The van der Waals surface area contributed by atoms with E-state index in [2.05, 4.69) is 45.9 Å². The Labute approximate surface area is 105 Å². The average molecular weight is 231 g/mol. The molecule has 2 N–H and O–H groups in total. The lowest BCUT2D eigenvalue weighted by molar-refractivity contribution is 0.0972. The first-order chi connectivity index (χ1) is 7.87. The summed E-state index contributed by atoms with van der Waals surface area (Å²) < 4.78 is 0. The van der Waals surface area contributed by atoms with Crippen molar-refractivity contribution in [2.75, 3.05) is 0 Å².